The number of hydrogen-bond acceptors (Lipinski definition) is 2. The summed E-state index contributed by atoms with van der Waals surface area (Å²) in [6, 6.07) is 0.497. The van der Waals surface area contributed by atoms with Gasteiger partial charge in [-0.1, -0.05) is 20.3 Å². The number of nitrogens with one attached hydrogen (secondary N) is 1. The molecule has 0 aliphatic heterocycles. The summed E-state index contributed by atoms with van der Waals surface area (Å²) in [6.07, 6.45) is 3.65. The molecule has 0 aliphatic rings. The van der Waals surface area contributed by atoms with E-state index in [4.69, 9.17) is 4.43 Å². The minimum absolute atomic E-state index is 0.00864. The second-order valence-electron chi connectivity index (χ2n) is 4.08. The monoisotopic (exact) mass is 203 g/mol. The van der Waals surface area contributed by atoms with Crippen LogP contribution in [0.2, 0.25) is 0 Å². The topological polar surface area (TPSA) is 21.3 Å². The van der Waals surface area contributed by atoms with Crippen molar-refractivity contribution in [2.24, 2.45) is 0 Å². The fraction of sp³-hybridized carbons (Fsp3) is 1.00. The molecular formula is C10H25NOSi. The van der Waals surface area contributed by atoms with Crippen LogP contribution in [0, 0.1) is 0 Å². The maximum atomic E-state index is 5.60. The van der Waals surface area contributed by atoms with E-state index in [-0.39, 0.29) is 5.60 Å². The van der Waals surface area contributed by atoms with Crippen molar-refractivity contribution in [3.8, 4) is 0 Å². The standard InChI is InChI=1S/C10H25NOSi/c1-5-7-8-11-9(6-2)10(3,4)12-13/h9,11H,5-8H2,1-4,13H3. The van der Waals surface area contributed by atoms with Gasteiger partial charge in [-0.15, -0.1) is 0 Å². The minimum atomic E-state index is 0.00864. The van der Waals surface area contributed by atoms with Gasteiger partial charge in [0.1, 0.15) is 10.5 Å². The van der Waals surface area contributed by atoms with Gasteiger partial charge in [-0.2, -0.15) is 0 Å². The van der Waals surface area contributed by atoms with Crippen LogP contribution >= 0.6 is 0 Å². The largest absolute Gasteiger partial charge is 0.421 e. The molecule has 0 aromatic heterocycles. The van der Waals surface area contributed by atoms with E-state index in [9.17, 15) is 0 Å². The molecule has 0 heterocycles. The highest BCUT2D eigenvalue weighted by molar-refractivity contribution is 5.98. The van der Waals surface area contributed by atoms with Crippen molar-refractivity contribution in [3.63, 3.8) is 0 Å². The Labute approximate surface area is 86.0 Å². The molecule has 1 unspecified atom stereocenters. The van der Waals surface area contributed by atoms with Gasteiger partial charge in [-0.3, -0.25) is 0 Å². The fourth-order valence-corrected chi connectivity index (χ4v) is 1.76. The van der Waals surface area contributed by atoms with E-state index in [1.165, 1.54) is 12.8 Å². The highest BCUT2D eigenvalue weighted by Crippen LogP contribution is 2.15. The Morgan fingerprint density at radius 1 is 1.38 bits per heavy atom. The third-order valence-electron chi connectivity index (χ3n) is 2.69. The maximum absolute atomic E-state index is 5.60. The minimum Gasteiger partial charge on any atom is -0.421 e. The van der Waals surface area contributed by atoms with Gasteiger partial charge >= 0.3 is 0 Å². The Kier molecular flexibility index (Phi) is 6.64. The second-order valence-corrected chi connectivity index (χ2v) is 4.48. The van der Waals surface area contributed by atoms with Gasteiger partial charge in [0.05, 0.1) is 5.60 Å². The smallest absolute Gasteiger partial charge is 0.146 e. The average Bonchev–Trinajstić information content (AvgIpc) is 2.12. The van der Waals surface area contributed by atoms with Gasteiger partial charge in [-0.25, -0.2) is 0 Å². The van der Waals surface area contributed by atoms with E-state index in [0.29, 0.717) is 6.04 Å². The predicted octanol–water partition coefficient (Wildman–Crippen LogP) is 1.23. The first kappa shape index (κ1) is 13.1. The Hall–Kier alpha value is 0.137. The zero-order valence-electron chi connectivity index (χ0n) is 9.81. The van der Waals surface area contributed by atoms with Crippen molar-refractivity contribution in [1.29, 1.82) is 0 Å². The van der Waals surface area contributed by atoms with E-state index >= 15 is 0 Å². The van der Waals surface area contributed by atoms with Crippen LogP contribution in [-0.4, -0.2) is 28.7 Å². The average molecular weight is 203 g/mol. The van der Waals surface area contributed by atoms with E-state index in [1.54, 1.807) is 0 Å². The summed E-state index contributed by atoms with van der Waals surface area (Å²) in [5, 5.41) is 3.56. The molecule has 0 amide bonds. The summed E-state index contributed by atoms with van der Waals surface area (Å²) in [4.78, 5) is 0. The molecular weight excluding hydrogens is 178 g/mol. The van der Waals surface area contributed by atoms with Gasteiger partial charge in [0.15, 0.2) is 0 Å². The first-order valence-corrected chi connectivity index (χ1v) is 6.18. The van der Waals surface area contributed by atoms with Crippen LogP contribution in [-0.2, 0) is 4.43 Å². The van der Waals surface area contributed by atoms with Gasteiger partial charge in [0.25, 0.3) is 0 Å². The molecule has 1 N–H and O–H groups in total. The third kappa shape index (κ3) is 4.79. The molecule has 0 bridgehead atoms. The van der Waals surface area contributed by atoms with Gasteiger partial charge in [0, 0.05) is 6.04 Å². The first-order valence-electron chi connectivity index (χ1n) is 5.37. The molecule has 0 fully saturated rings. The maximum Gasteiger partial charge on any atom is 0.146 e. The summed E-state index contributed by atoms with van der Waals surface area (Å²) in [5.74, 6) is 0. The highest BCUT2D eigenvalue weighted by atomic mass is 28.2. The van der Waals surface area contributed by atoms with Crippen LogP contribution in [0.15, 0.2) is 0 Å². The molecule has 0 saturated carbocycles. The van der Waals surface area contributed by atoms with E-state index < -0.39 is 0 Å². The lowest BCUT2D eigenvalue weighted by molar-refractivity contribution is 0.0727. The Morgan fingerprint density at radius 2 is 2.00 bits per heavy atom. The molecule has 0 aromatic carbocycles. The van der Waals surface area contributed by atoms with Gasteiger partial charge in [0.2, 0.25) is 0 Å². The van der Waals surface area contributed by atoms with Crippen molar-refractivity contribution in [1.82, 2.24) is 5.32 Å². The van der Waals surface area contributed by atoms with Crippen LogP contribution in [0.3, 0.4) is 0 Å². The van der Waals surface area contributed by atoms with Crippen LogP contribution in [0.5, 0.6) is 0 Å². The molecule has 0 rings (SSSR count). The third-order valence-corrected chi connectivity index (χ3v) is 3.75. The summed E-state index contributed by atoms with van der Waals surface area (Å²) in [5.41, 5.74) is 0.00864. The quantitative estimate of drug-likeness (QED) is 0.496. The highest BCUT2D eigenvalue weighted by Gasteiger charge is 2.26. The zero-order chi connectivity index (χ0) is 10.3. The lowest BCUT2D eigenvalue weighted by atomic mass is 9.96. The molecule has 0 aromatic rings. The summed E-state index contributed by atoms with van der Waals surface area (Å²) >= 11 is 0. The van der Waals surface area contributed by atoms with E-state index in [1.807, 2.05) is 0 Å². The van der Waals surface area contributed by atoms with Crippen molar-refractivity contribution in [2.75, 3.05) is 6.54 Å². The van der Waals surface area contributed by atoms with Crippen LogP contribution in [0.1, 0.15) is 47.0 Å². The van der Waals surface area contributed by atoms with Gasteiger partial charge in [-0.05, 0) is 33.2 Å². The molecule has 1 atom stereocenters. The molecule has 0 spiro atoms. The number of unbranched alkanes of at least 4 members (excludes halogenated alkanes) is 1. The van der Waals surface area contributed by atoms with Crippen LogP contribution in [0.4, 0.5) is 0 Å². The van der Waals surface area contributed by atoms with Crippen molar-refractivity contribution in [2.45, 2.75) is 58.6 Å². The molecule has 13 heavy (non-hydrogen) atoms. The van der Waals surface area contributed by atoms with E-state index in [2.05, 4.69) is 33.0 Å². The molecule has 0 radical (unpaired) electrons. The summed E-state index contributed by atoms with van der Waals surface area (Å²) in [6.45, 7) is 9.90. The Balaban J connectivity index is 3.87. The molecule has 80 valence electrons. The van der Waals surface area contributed by atoms with Crippen molar-refractivity contribution in [3.05, 3.63) is 0 Å². The predicted molar refractivity (Wildman–Crippen MR) is 62.1 cm³/mol. The molecule has 2 nitrogen and oxygen atoms in total. The molecule has 3 heteroatoms. The number of hydrogen-bond donors (Lipinski definition) is 1. The number of rotatable bonds is 7. The van der Waals surface area contributed by atoms with Crippen molar-refractivity contribution >= 4 is 10.5 Å². The summed E-state index contributed by atoms with van der Waals surface area (Å²) in [7, 11) is 0.819. The molecule has 0 saturated heterocycles. The van der Waals surface area contributed by atoms with Crippen LogP contribution in [0.25, 0.3) is 0 Å². The first-order chi connectivity index (χ1) is 6.08. The second kappa shape index (κ2) is 6.57. The lowest BCUT2D eigenvalue weighted by Gasteiger charge is -2.34. The Bertz CT molecular complexity index is 128. The van der Waals surface area contributed by atoms with Crippen molar-refractivity contribution < 1.29 is 4.43 Å². The fourth-order valence-electron chi connectivity index (χ4n) is 1.48. The molecule has 0 aliphatic carbocycles. The van der Waals surface area contributed by atoms with Gasteiger partial charge < -0.3 is 9.74 Å². The SMILES string of the molecule is CCCCNC(CC)C(C)(C)O[SiH3]. The summed E-state index contributed by atoms with van der Waals surface area (Å²) < 4.78 is 5.60. The van der Waals surface area contributed by atoms with E-state index in [0.717, 1.165) is 23.5 Å². The lowest BCUT2D eigenvalue weighted by Crippen LogP contribution is -2.48. The van der Waals surface area contributed by atoms with Crippen LogP contribution < -0.4 is 5.32 Å². The Morgan fingerprint density at radius 3 is 2.38 bits per heavy atom. The normalized spacial score (nSPS) is 14.8. The zero-order valence-corrected chi connectivity index (χ0v) is 11.8.